The highest BCUT2D eigenvalue weighted by molar-refractivity contribution is 6.31. The average molecular weight is 423 g/mol. The van der Waals surface area contributed by atoms with Crippen molar-refractivity contribution in [2.45, 2.75) is 19.4 Å². The zero-order valence-corrected chi connectivity index (χ0v) is 16.5. The normalized spacial score (nSPS) is 20.6. The first kappa shape index (κ1) is 21.0. The van der Waals surface area contributed by atoms with Crippen molar-refractivity contribution in [2.75, 3.05) is 20.2 Å². The number of likely N-dealkylation sites (N-methyl/N-ethyl adjacent to an activating group) is 1. The van der Waals surface area contributed by atoms with Gasteiger partial charge < -0.3 is 9.64 Å². The van der Waals surface area contributed by atoms with Crippen LogP contribution in [0.3, 0.4) is 0 Å². The molecule has 2 aliphatic rings. The number of fused-ring (bicyclic) bond motifs is 1. The number of halogens is 2. The van der Waals surface area contributed by atoms with E-state index >= 15 is 0 Å². The largest absolute Gasteiger partial charge is 0.454 e. The van der Waals surface area contributed by atoms with Gasteiger partial charge in [-0.15, -0.1) is 0 Å². The van der Waals surface area contributed by atoms with Gasteiger partial charge >= 0.3 is 5.97 Å². The highest BCUT2D eigenvalue weighted by Crippen LogP contribution is 2.34. The lowest BCUT2D eigenvalue weighted by Crippen LogP contribution is -2.38. The Hall–Kier alpha value is -2.74. The molecule has 0 spiro atoms. The third kappa shape index (κ3) is 4.48. The van der Waals surface area contributed by atoms with Crippen LogP contribution in [0.15, 0.2) is 30.4 Å². The van der Waals surface area contributed by atoms with Crippen molar-refractivity contribution < 1.29 is 28.3 Å². The molecule has 7 nitrogen and oxygen atoms in total. The number of nitrogens with zero attached hydrogens (tertiary/aromatic N) is 2. The second-order valence-electron chi connectivity index (χ2n) is 7.03. The van der Waals surface area contributed by atoms with Gasteiger partial charge in [0.1, 0.15) is 12.4 Å². The van der Waals surface area contributed by atoms with Gasteiger partial charge in [0.2, 0.25) is 11.8 Å². The van der Waals surface area contributed by atoms with E-state index in [1.807, 2.05) is 12.2 Å². The van der Waals surface area contributed by atoms with Gasteiger partial charge in [0.15, 0.2) is 6.61 Å². The van der Waals surface area contributed by atoms with Crippen LogP contribution >= 0.6 is 11.6 Å². The first-order valence-electron chi connectivity index (χ1n) is 9.12. The fraction of sp³-hybridized carbons (Fsp3) is 0.400. The summed E-state index contributed by atoms with van der Waals surface area (Å²) < 4.78 is 18.7. The van der Waals surface area contributed by atoms with E-state index in [0.717, 1.165) is 4.90 Å². The molecule has 0 saturated carbocycles. The maximum absolute atomic E-state index is 13.8. The van der Waals surface area contributed by atoms with Crippen molar-refractivity contribution >= 4 is 35.3 Å². The number of ether oxygens (including phenoxy) is 1. The van der Waals surface area contributed by atoms with Gasteiger partial charge in [0, 0.05) is 24.2 Å². The van der Waals surface area contributed by atoms with Crippen LogP contribution in [0, 0.1) is 17.7 Å². The Kier molecular flexibility index (Phi) is 6.32. The zero-order valence-electron chi connectivity index (χ0n) is 15.8. The van der Waals surface area contributed by atoms with E-state index in [1.54, 1.807) is 0 Å². The second kappa shape index (κ2) is 8.73. The third-order valence-electron chi connectivity index (χ3n) is 5.13. The Bertz CT molecular complexity index is 841. The Morgan fingerprint density at radius 1 is 1.21 bits per heavy atom. The van der Waals surface area contributed by atoms with Crippen LogP contribution in [0.1, 0.15) is 18.4 Å². The molecular weight excluding hydrogens is 403 g/mol. The minimum absolute atomic E-state index is 0.0959. The van der Waals surface area contributed by atoms with E-state index in [0.29, 0.717) is 12.8 Å². The van der Waals surface area contributed by atoms with Crippen LogP contribution in [-0.2, 0) is 30.5 Å². The Balaban J connectivity index is 1.51. The number of esters is 1. The van der Waals surface area contributed by atoms with Gasteiger partial charge in [-0.1, -0.05) is 29.8 Å². The lowest BCUT2D eigenvalue weighted by atomic mass is 9.85. The summed E-state index contributed by atoms with van der Waals surface area (Å²) in [6, 6.07) is 4.20. The van der Waals surface area contributed by atoms with E-state index in [9.17, 15) is 23.6 Å². The number of benzene rings is 1. The van der Waals surface area contributed by atoms with Crippen molar-refractivity contribution in [1.82, 2.24) is 9.80 Å². The van der Waals surface area contributed by atoms with E-state index in [4.69, 9.17) is 16.3 Å². The molecule has 0 aromatic heterocycles. The van der Waals surface area contributed by atoms with E-state index in [2.05, 4.69) is 0 Å². The van der Waals surface area contributed by atoms with Gasteiger partial charge in [-0.25, -0.2) is 4.39 Å². The van der Waals surface area contributed by atoms with Crippen molar-refractivity contribution in [2.24, 2.45) is 11.8 Å². The molecule has 3 amide bonds. The molecule has 0 radical (unpaired) electrons. The summed E-state index contributed by atoms with van der Waals surface area (Å²) >= 11 is 5.94. The number of hydrogen-bond donors (Lipinski definition) is 0. The fourth-order valence-corrected chi connectivity index (χ4v) is 3.68. The van der Waals surface area contributed by atoms with Gasteiger partial charge in [0.05, 0.1) is 11.8 Å². The minimum Gasteiger partial charge on any atom is -0.454 e. The maximum Gasteiger partial charge on any atom is 0.326 e. The zero-order chi connectivity index (χ0) is 21.1. The molecule has 9 heteroatoms. The van der Waals surface area contributed by atoms with Crippen molar-refractivity contribution in [1.29, 1.82) is 0 Å². The number of rotatable bonds is 6. The predicted molar refractivity (Wildman–Crippen MR) is 101 cm³/mol. The van der Waals surface area contributed by atoms with Crippen molar-refractivity contribution in [3.63, 3.8) is 0 Å². The number of carbonyl (C=O) groups excluding carboxylic acids is 4. The molecule has 29 heavy (non-hydrogen) atoms. The second-order valence-corrected chi connectivity index (χ2v) is 7.44. The standard InChI is InChI=1S/C20H20ClFN2O5/c1-23(9-14-15(21)7-4-8-16(14)22)17(25)11-29-18(26)10-24-19(27)12-5-2-3-6-13(12)20(24)28/h2-4,7-8,12-13H,5-6,9-11H2,1H3. The molecule has 1 aliphatic carbocycles. The average Bonchev–Trinajstić information content (AvgIpc) is 2.94. The summed E-state index contributed by atoms with van der Waals surface area (Å²) in [5, 5.41) is 0.184. The van der Waals surface area contributed by atoms with Crippen LogP contribution in [0.2, 0.25) is 5.02 Å². The van der Waals surface area contributed by atoms with Gasteiger partial charge in [-0.2, -0.15) is 0 Å². The van der Waals surface area contributed by atoms with Gasteiger partial charge in [-0.3, -0.25) is 24.1 Å². The predicted octanol–water partition coefficient (Wildman–Crippen LogP) is 1.93. The summed E-state index contributed by atoms with van der Waals surface area (Å²) in [5.41, 5.74) is 0.154. The molecule has 0 bridgehead atoms. The van der Waals surface area contributed by atoms with Crippen LogP contribution in [0.4, 0.5) is 4.39 Å². The molecule has 1 aliphatic heterocycles. The molecule has 1 fully saturated rings. The molecule has 1 heterocycles. The maximum atomic E-state index is 13.8. The molecule has 0 N–H and O–H groups in total. The van der Waals surface area contributed by atoms with E-state index in [-0.39, 0.29) is 28.9 Å². The number of likely N-dealkylation sites (tertiary alicyclic amines) is 1. The molecule has 3 rings (SSSR count). The Morgan fingerprint density at radius 2 is 1.83 bits per heavy atom. The number of hydrogen-bond acceptors (Lipinski definition) is 5. The fourth-order valence-electron chi connectivity index (χ4n) is 3.46. The van der Waals surface area contributed by atoms with Gasteiger partial charge in [-0.05, 0) is 25.0 Å². The van der Waals surface area contributed by atoms with Crippen molar-refractivity contribution in [3.05, 3.63) is 46.8 Å². The molecule has 2 atom stereocenters. The molecule has 1 aromatic carbocycles. The van der Waals surface area contributed by atoms with Crippen LogP contribution in [0.5, 0.6) is 0 Å². The Labute approximate surface area is 172 Å². The summed E-state index contributed by atoms with van der Waals surface area (Å²) in [6.45, 7) is -1.21. The highest BCUT2D eigenvalue weighted by atomic mass is 35.5. The summed E-state index contributed by atoms with van der Waals surface area (Å²) in [7, 11) is 1.42. The lowest BCUT2D eigenvalue weighted by Gasteiger charge is -2.19. The van der Waals surface area contributed by atoms with Crippen LogP contribution < -0.4 is 0 Å². The molecule has 1 aromatic rings. The van der Waals surface area contributed by atoms with E-state index < -0.39 is 42.7 Å². The minimum atomic E-state index is -0.857. The molecular formula is C20H20ClFN2O5. The monoisotopic (exact) mass is 422 g/mol. The highest BCUT2D eigenvalue weighted by Gasteiger charge is 2.47. The lowest BCUT2D eigenvalue weighted by molar-refractivity contribution is -0.156. The molecule has 2 unspecified atom stereocenters. The smallest absolute Gasteiger partial charge is 0.326 e. The summed E-state index contributed by atoms with van der Waals surface area (Å²) in [5.74, 6) is -3.62. The van der Waals surface area contributed by atoms with E-state index in [1.165, 1.54) is 30.1 Å². The first-order chi connectivity index (χ1) is 13.8. The van der Waals surface area contributed by atoms with Crippen molar-refractivity contribution in [3.8, 4) is 0 Å². The topological polar surface area (TPSA) is 84.0 Å². The van der Waals surface area contributed by atoms with Gasteiger partial charge in [0.25, 0.3) is 5.91 Å². The summed E-state index contributed by atoms with van der Waals surface area (Å²) in [4.78, 5) is 51.0. The first-order valence-corrected chi connectivity index (χ1v) is 9.50. The number of imide groups is 1. The number of allylic oxidation sites excluding steroid dienone is 2. The molecule has 1 saturated heterocycles. The molecule has 154 valence electrons. The van der Waals surface area contributed by atoms with Crippen LogP contribution in [0.25, 0.3) is 0 Å². The Morgan fingerprint density at radius 3 is 2.41 bits per heavy atom. The SMILES string of the molecule is CN(Cc1c(F)cccc1Cl)C(=O)COC(=O)CN1C(=O)C2CC=CCC2C1=O. The summed E-state index contributed by atoms with van der Waals surface area (Å²) in [6.07, 6.45) is 4.65. The number of amides is 3. The van der Waals surface area contributed by atoms with Crippen LogP contribution in [-0.4, -0.2) is 53.7 Å². The quantitative estimate of drug-likeness (QED) is 0.397. The third-order valence-corrected chi connectivity index (χ3v) is 5.48. The number of carbonyl (C=O) groups is 4.